The van der Waals surface area contributed by atoms with E-state index >= 15 is 0 Å². The normalized spacial score (nSPS) is 21.9. The van der Waals surface area contributed by atoms with Crippen molar-refractivity contribution in [3.63, 3.8) is 0 Å². The number of fused-ring (bicyclic) bond motifs is 2. The van der Waals surface area contributed by atoms with E-state index in [1.807, 2.05) is 70.2 Å². The van der Waals surface area contributed by atoms with E-state index in [9.17, 15) is 19.2 Å². The van der Waals surface area contributed by atoms with Crippen molar-refractivity contribution in [3.8, 4) is 39.8 Å². The summed E-state index contributed by atoms with van der Waals surface area (Å²) >= 11 is 6.13. The molecule has 2 aromatic heterocycles. The quantitative estimate of drug-likeness (QED) is 0.0798. The van der Waals surface area contributed by atoms with Crippen LogP contribution in [0.2, 0.25) is 5.02 Å². The molecule has 6 atom stereocenters. The summed E-state index contributed by atoms with van der Waals surface area (Å²) in [6, 6.07) is 21.5. The summed E-state index contributed by atoms with van der Waals surface area (Å²) in [5, 5.41) is 19.8. The molecule has 6 unspecified atom stereocenters. The molecule has 2 fully saturated rings. The number of hydrogen-bond acceptors (Lipinski definition) is 10. The van der Waals surface area contributed by atoms with Gasteiger partial charge in [-0.05, 0) is 110 Å². The molecule has 324 valence electrons. The average Bonchev–Trinajstić information content (AvgIpc) is 3.70. The molecule has 4 amide bonds. The number of aromatic nitrogens is 4. The molecule has 1 aliphatic carbocycles. The van der Waals surface area contributed by atoms with Crippen molar-refractivity contribution in [2.24, 2.45) is 29.2 Å². The van der Waals surface area contributed by atoms with Crippen molar-refractivity contribution in [3.05, 3.63) is 114 Å². The monoisotopic (exact) mass is 870 g/mol. The number of nitrogens with zero attached hydrogens (tertiary/aromatic N) is 5. The highest BCUT2D eigenvalue weighted by Gasteiger charge is 2.57. The number of nitrogens with one attached hydrogen (secondary N) is 3. The predicted octanol–water partition coefficient (Wildman–Crippen LogP) is 5.80. The first-order valence-corrected chi connectivity index (χ1v) is 21.3. The topological polar surface area (TPSA) is 214 Å². The molecular weight excluding hydrogens is 824 g/mol. The number of likely N-dealkylation sites (tertiary alicyclic amines) is 1. The first-order chi connectivity index (χ1) is 30.5. The lowest BCUT2D eigenvalue weighted by Crippen LogP contribution is -2.62. The van der Waals surface area contributed by atoms with Crippen molar-refractivity contribution < 1.29 is 28.7 Å². The van der Waals surface area contributed by atoms with Crippen molar-refractivity contribution in [1.29, 1.82) is 0 Å². The minimum Gasteiger partial charge on any atom is -0.493 e. The van der Waals surface area contributed by atoms with E-state index in [1.165, 1.54) is 12.2 Å². The Hall–Kier alpha value is -7.07. The lowest BCUT2D eigenvalue weighted by Gasteiger charge is -2.52. The number of primary amides is 2. The van der Waals surface area contributed by atoms with Crippen LogP contribution in [0, 0.1) is 17.8 Å². The molecule has 0 radical (unpaired) electrons. The molecule has 1 saturated heterocycles. The highest BCUT2D eigenvalue weighted by Crippen LogP contribution is 2.53. The van der Waals surface area contributed by atoms with Crippen molar-refractivity contribution in [2.75, 3.05) is 43.4 Å². The molecule has 9 rings (SSSR count). The van der Waals surface area contributed by atoms with Crippen LogP contribution >= 0.6 is 11.6 Å². The van der Waals surface area contributed by atoms with Crippen LogP contribution < -0.4 is 36.9 Å². The second-order valence-electron chi connectivity index (χ2n) is 16.3. The van der Waals surface area contributed by atoms with Gasteiger partial charge in [-0.1, -0.05) is 30.8 Å². The second-order valence-corrected chi connectivity index (χ2v) is 16.7. The number of carbonyl (C=O) groups excluding carboxylic acids is 4. The molecule has 3 aliphatic heterocycles. The molecule has 17 heteroatoms. The van der Waals surface area contributed by atoms with E-state index in [-0.39, 0.29) is 53.3 Å². The number of hydrogen-bond donors (Lipinski definition) is 5. The summed E-state index contributed by atoms with van der Waals surface area (Å²) in [6.45, 7) is 9.79. The van der Waals surface area contributed by atoms with Crippen LogP contribution in [0.5, 0.6) is 17.2 Å². The molecule has 4 aliphatic rings. The van der Waals surface area contributed by atoms with E-state index in [0.29, 0.717) is 101 Å². The zero-order valence-corrected chi connectivity index (χ0v) is 35.1. The summed E-state index contributed by atoms with van der Waals surface area (Å²) < 4.78 is 15.9. The van der Waals surface area contributed by atoms with Gasteiger partial charge in [-0.25, -0.2) is 9.36 Å². The largest absolute Gasteiger partial charge is 0.493 e. The third-order valence-corrected chi connectivity index (χ3v) is 12.7. The maximum atomic E-state index is 13.2. The third-order valence-electron chi connectivity index (χ3n) is 12.5. The van der Waals surface area contributed by atoms with Gasteiger partial charge in [0.2, 0.25) is 11.8 Å². The van der Waals surface area contributed by atoms with Gasteiger partial charge >= 0.3 is 0 Å². The van der Waals surface area contributed by atoms with Gasteiger partial charge in [0.25, 0.3) is 11.8 Å². The maximum Gasteiger partial charge on any atom is 0.254 e. The minimum absolute atomic E-state index is 0.0681. The molecule has 0 spiro atoms. The Morgan fingerprint density at radius 1 is 0.810 bits per heavy atom. The summed E-state index contributed by atoms with van der Waals surface area (Å²) in [4.78, 5) is 52.7. The molecular formula is C46H47ClN10O6. The molecule has 7 N–H and O–H groups in total. The van der Waals surface area contributed by atoms with Gasteiger partial charge in [-0.2, -0.15) is 10.2 Å². The van der Waals surface area contributed by atoms with Gasteiger partial charge in [0, 0.05) is 54.3 Å². The average molecular weight is 871 g/mol. The van der Waals surface area contributed by atoms with E-state index in [0.717, 1.165) is 12.8 Å². The third kappa shape index (κ3) is 7.97. The number of halogens is 1. The van der Waals surface area contributed by atoms with Crippen LogP contribution in [0.15, 0.2) is 98.1 Å². The number of benzene rings is 3. The Morgan fingerprint density at radius 2 is 1.44 bits per heavy atom. The highest BCUT2D eigenvalue weighted by molar-refractivity contribution is 6.30. The van der Waals surface area contributed by atoms with Crippen molar-refractivity contribution >= 4 is 46.9 Å². The molecule has 5 aromatic rings. The Morgan fingerprint density at radius 3 is 2.08 bits per heavy atom. The summed E-state index contributed by atoms with van der Waals surface area (Å²) in [5.74, 6) is 1.80. The van der Waals surface area contributed by atoms with Gasteiger partial charge in [-0.3, -0.25) is 19.2 Å². The standard InChI is InChI=1S/C46H47ClN10O6/c1-3-36(58)52-22-29-16-18-50-45-38(43(48)60)40(53-56(29)45)25-8-12-30(13-9-25)62-24-27-20-33(27)42-34(23-55(42)37(59)4-2)35-17-19-51-46-39(44(49)61)41(54-57(35)46)26-10-14-31(15-11-26)63-32-7-5-6-28(47)21-32/h3-15,21,27,29,33-35,42,50-51H,1-2,16-20,22-24H2,(H2,48,60)(H2,49,61)(H,52,58). The fraction of sp³-hybridized carbons (Fsp3) is 0.304. The molecule has 16 nitrogen and oxygen atoms in total. The van der Waals surface area contributed by atoms with E-state index in [1.54, 1.807) is 16.8 Å². The number of anilines is 2. The molecule has 3 aromatic carbocycles. The number of amides is 4. The van der Waals surface area contributed by atoms with Crippen LogP contribution in [0.3, 0.4) is 0 Å². The first-order valence-electron chi connectivity index (χ1n) is 21.0. The Bertz CT molecular complexity index is 2620. The smallest absolute Gasteiger partial charge is 0.254 e. The molecule has 1 saturated carbocycles. The van der Waals surface area contributed by atoms with E-state index in [2.05, 4.69) is 29.1 Å². The summed E-state index contributed by atoms with van der Waals surface area (Å²) in [6.07, 6.45) is 4.89. The Labute approximate surface area is 368 Å². The predicted molar refractivity (Wildman–Crippen MR) is 238 cm³/mol. The van der Waals surface area contributed by atoms with Gasteiger partial charge in [-0.15, -0.1) is 0 Å². The Kier molecular flexibility index (Phi) is 11.1. The fourth-order valence-corrected chi connectivity index (χ4v) is 9.52. The molecule has 5 heterocycles. The van der Waals surface area contributed by atoms with Gasteiger partial charge in [0.15, 0.2) is 0 Å². The second kappa shape index (κ2) is 17.0. The van der Waals surface area contributed by atoms with Crippen molar-refractivity contribution in [2.45, 2.75) is 37.4 Å². The van der Waals surface area contributed by atoms with Crippen molar-refractivity contribution in [1.82, 2.24) is 29.8 Å². The fourth-order valence-electron chi connectivity index (χ4n) is 9.34. The zero-order chi connectivity index (χ0) is 43.9. The maximum absolute atomic E-state index is 13.2. The van der Waals surface area contributed by atoms with Crippen LogP contribution in [0.4, 0.5) is 11.6 Å². The number of nitrogens with two attached hydrogens (primary N) is 2. The molecule has 63 heavy (non-hydrogen) atoms. The Balaban J connectivity index is 0.894. The SMILES string of the molecule is C=CC(=O)NCC1CCNc2c(C(N)=O)c(-c3ccc(OCC4CC4C4C(C5CCNc6c(C(N)=O)c(-c7ccc(Oc8cccc(Cl)c8)cc7)nn65)CN4C(=O)C=C)cc3)nn21. The number of rotatable bonds is 15. The van der Waals surface area contributed by atoms with Crippen LogP contribution in [0.1, 0.15) is 52.1 Å². The minimum atomic E-state index is -0.610. The van der Waals surface area contributed by atoms with Crippen LogP contribution in [-0.4, -0.2) is 86.9 Å². The molecule has 0 bridgehead atoms. The lowest BCUT2D eigenvalue weighted by molar-refractivity contribution is -0.142. The van der Waals surface area contributed by atoms with E-state index < -0.39 is 11.8 Å². The van der Waals surface area contributed by atoms with Gasteiger partial charge in [0.1, 0.15) is 51.4 Å². The lowest BCUT2D eigenvalue weighted by atomic mass is 9.77. The summed E-state index contributed by atoms with van der Waals surface area (Å²) in [7, 11) is 0. The summed E-state index contributed by atoms with van der Waals surface area (Å²) in [5.41, 5.74) is 14.8. The van der Waals surface area contributed by atoms with Gasteiger partial charge in [0.05, 0.1) is 18.7 Å². The van der Waals surface area contributed by atoms with Crippen LogP contribution in [-0.2, 0) is 9.59 Å². The number of carbonyl (C=O) groups is 4. The van der Waals surface area contributed by atoms with Crippen LogP contribution in [0.25, 0.3) is 22.5 Å². The zero-order valence-electron chi connectivity index (χ0n) is 34.3. The van der Waals surface area contributed by atoms with E-state index in [4.69, 9.17) is 42.7 Å². The van der Waals surface area contributed by atoms with Gasteiger partial charge < -0.3 is 41.8 Å². The highest BCUT2D eigenvalue weighted by atomic mass is 35.5. The number of ether oxygens (including phenoxy) is 2. The first kappa shape index (κ1) is 41.3.